The first-order chi connectivity index (χ1) is 16.2. The summed E-state index contributed by atoms with van der Waals surface area (Å²) < 4.78 is 40.0. The van der Waals surface area contributed by atoms with Crippen LogP contribution in [0.3, 0.4) is 0 Å². The smallest absolute Gasteiger partial charge is 0.283 e. The Bertz CT molecular complexity index is 1380. The maximum atomic E-state index is 12.6. The number of hydrogen-bond acceptors (Lipinski definition) is 8. The number of amidine groups is 3. The lowest BCUT2D eigenvalue weighted by atomic mass is 10.1. The minimum atomic E-state index is -3.70. The molecule has 9 nitrogen and oxygen atoms in total. The van der Waals surface area contributed by atoms with Crippen LogP contribution in [0.4, 0.5) is 0 Å². The number of carbonyl (C=O) groups is 1. The normalized spacial score (nSPS) is 16.9. The number of carbonyl (C=O) groups excluding carboxylic acids is 1. The minimum absolute atomic E-state index is 0.0525. The fourth-order valence-electron chi connectivity index (χ4n) is 3.35. The van der Waals surface area contributed by atoms with Crippen molar-refractivity contribution in [2.45, 2.75) is 20.5 Å². The van der Waals surface area contributed by atoms with E-state index in [1.165, 1.54) is 20.1 Å². The van der Waals surface area contributed by atoms with Crippen LogP contribution >= 0.6 is 11.9 Å². The van der Waals surface area contributed by atoms with Crippen molar-refractivity contribution in [1.29, 1.82) is 5.41 Å². The highest BCUT2D eigenvalue weighted by molar-refractivity contribution is 8.16. The molecule has 34 heavy (non-hydrogen) atoms. The molecule has 0 aliphatic carbocycles. The maximum Gasteiger partial charge on any atom is 0.283 e. The van der Waals surface area contributed by atoms with Crippen molar-refractivity contribution < 1.29 is 22.7 Å². The van der Waals surface area contributed by atoms with Gasteiger partial charge in [0, 0.05) is 0 Å². The zero-order valence-corrected chi connectivity index (χ0v) is 20.4. The number of sulfone groups is 1. The predicted octanol–water partition coefficient (Wildman–Crippen LogP) is 3.59. The van der Waals surface area contributed by atoms with Gasteiger partial charge in [0.15, 0.2) is 11.5 Å². The van der Waals surface area contributed by atoms with Gasteiger partial charge in [-0.1, -0.05) is 42.8 Å². The zero-order chi connectivity index (χ0) is 24.5. The third kappa shape index (κ3) is 4.62. The average Bonchev–Trinajstić information content (AvgIpc) is 3.25. The third-order valence-electron chi connectivity index (χ3n) is 5.13. The van der Waals surface area contributed by atoms with Crippen LogP contribution < -0.4 is 9.47 Å². The molecule has 0 fully saturated rings. The summed E-state index contributed by atoms with van der Waals surface area (Å²) in [6, 6.07) is 13.1. The van der Waals surface area contributed by atoms with E-state index in [1.54, 1.807) is 18.2 Å². The Hall–Kier alpha value is -3.44. The first kappa shape index (κ1) is 23.7. The molecule has 0 atom stereocenters. The highest BCUT2D eigenvalue weighted by atomic mass is 32.2. The number of ether oxygens (including phenoxy) is 2. The van der Waals surface area contributed by atoms with Crippen molar-refractivity contribution in [3.05, 3.63) is 64.7 Å². The molecule has 2 aliphatic rings. The van der Waals surface area contributed by atoms with E-state index >= 15 is 0 Å². The molecular formula is C23H22N4O5S2. The summed E-state index contributed by atoms with van der Waals surface area (Å²) in [5.74, 6) is -0.149. The summed E-state index contributed by atoms with van der Waals surface area (Å²) in [6.07, 6.45) is 1.47. The summed E-state index contributed by atoms with van der Waals surface area (Å²) in [5, 5.41) is 8.26. The molecule has 2 aromatic carbocycles. The quantitative estimate of drug-likeness (QED) is 0.477. The lowest BCUT2D eigenvalue weighted by molar-refractivity contribution is -0.114. The van der Waals surface area contributed by atoms with Crippen molar-refractivity contribution in [3.8, 4) is 11.5 Å². The number of nitrogens with zero attached hydrogens (tertiary/aromatic N) is 3. The van der Waals surface area contributed by atoms with Crippen molar-refractivity contribution in [2.24, 2.45) is 9.39 Å². The van der Waals surface area contributed by atoms with Crippen molar-refractivity contribution in [3.63, 3.8) is 0 Å². The van der Waals surface area contributed by atoms with Crippen molar-refractivity contribution in [2.75, 3.05) is 12.9 Å². The largest absolute Gasteiger partial charge is 0.493 e. The molecular weight excluding hydrogens is 476 g/mol. The van der Waals surface area contributed by atoms with Crippen LogP contribution in [0.25, 0.3) is 6.08 Å². The Labute approximate surface area is 201 Å². The molecule has 2 aliphatic heterocycles. The number of fused-ring (bicyclic) bond motifs is 1. The lowest BCUT2D eigenvalue weighted by Crippen LogP contribution is -2.45. The molecule has 0 unspecified atom stereocenters. The molecule has 0 saturated carbocycles. The highest BCUT2D eigenvalue weighted by Gasteiger charge is 2.42. The Kier molecular flexibility index (Phi) is 6.58. The van der Waals surface area contributed by atoms with Gasteiger partial charge in [0.05, 0.1) is 30.4 Å². The molecule has 0 spiro atoms. The summed E-state index contributed by atoms with van der Waals surface area (Å²) in [6.45, 7) is 3.86. The second kappa shape index (κ2) is 9.43. The average molecular weight is 499 g/mol. The molecule has 0 aromatic heterocycles. The summed E-state index contributed by atoms with van der Waals surface area (Å²) >= 11 is 0.764. The SMILES string of the molecule is CCS(=O)(=O)C1=NSC2=NC(=O)/C(=C\c3ccc(OCc4cccc(C)c4)c(OC)c3)C(=N)N21. The predicted molar refractivity (Wildman–Crippen MR) is 133 cm³/mol. The minimum Gasteiger partial charge on any atom is -0.493 e. The molecule has 11 heteroatoms. The van der Waals surface area contributed by atoms with E-state index in [4.69, 9.17) is 14.9 Å². The number of nitrogens with one attached hydrogen (secondary N) is 1. The second-order valence-corrected chi connectivity index (χ2v) is 10.4. The summed E-state index contributed by atoms with van der Waals surface area (Å²) in [5.41, 5.74) is 2.67. The molecule has 0 radical (unpaired) electrons. The summed E-state index contributed by atoms with van der Waals surface area (Å²) in [4.78, 5) is 17.6. The van der Waals surface area contributed by atoms with Crippen LogP contribution in [0.1, 0.15) is 23.6 Å². The number of hydrogen-bond donors (Lipinski definition) is 1. The van der Waals surface area contributed by atoms with Gasteiger partial charge in [-0.3, -0.25) is 10.2 Å². The molecule has 176 valence electrons. The van der Waals surface area contributed by atoms with Gasteiger partial charge in [-0.25, -0.2) is 13.3 Å². The van der Waals surface area contributed by atoms with Gasteiger partial charge in [0.1, 0.15) is 12.4 Å². The van der Waals surface area contributed by atoms with E-state index in [2.05, 4.69) is 9.39 Å². The molecule has 2 heterocycles. The van der Waals surface area contributed by atoms with Gasteiger partial charge >= 0.3 is 0 Å². The molecule has 0 bridgehead atoms. The van der Waals surface area contributed by atoms with Crippen LogP contribution in [0, 0.1) is 12.3 Å². The number of rotatable bonds is 6. The fourth-order valence-corrected chi connectivity index (χ4v) is 5.31. The molecule has 2 aromatic rings. The van der Waals surface area contributed by atoms with E-state index in [1.807, 2.05) is 31.2 Å². The van der Waals surface area contributed by atoms with E-state index in [0.29, 0.717) is 23.7 Å². The molecule has 4 rings (SSSR count). The molecule has 0 saturated heterocycles. The lowest BCUT2D eigenvalue weighted by Gasteiger charge is -2.24. The van der Waals surface area contributed by atoms with Gasteiger partial charge in [-0.05, 0) is 36.3 Å². The molecule has 1 N–H and O–H groups in total. The Morgan fingerprint density at radius 2 is 1.97 bits per heavy atom. The van der Waals surface area contributed by atoms with Gasteiger partial charge < -0.3 is 9.47 Å². The topological polar surface area (TPSA) is 121 Å². The van der Waals surface area contributed by atoms with Crippen LogP contribution in [0.5, 0.6) is 11.5 Å². The highest BCUT2D eigenvalue weighted by Crippen LogP contribution is 2.32. The Balaban J connectivity index is 1.60. The van der Waals surface area contributed by atoms with Gasteiger partial charge in [-0.15, -0.1) is 0 Å². The zero-order valence-electron chi connectivity index (χ0n) is 18.7. The van der Waals surface area contributed by atoms with E-state index in [9.17, 15) is 13.2 Å². The van der Waals surface area contributed by atoms with E-state index in [-0.39, 0.29) is 27.5 Å². The number of methoxy groups -OCH3 is 1. The monoisotopic (exact) mass is 498 g/mol. The van der Waals surface area contributed by atoms with Gasteiger partial charge in [0.25, 0.3) is 5.91 Å². The van der Waals surface area contributed by atoms with Gasteiger partial charge in [-0.2, -0.15) is 9.39 Å². The van der Waals surface area contributed by atoms with Crippen LogP contribution in [-0.2, 0) is 21.2 Å². The number of aliphatic imine (C=N–C) groups is 1. The second-order valence-electron chi connectivity index (χ2n) is 7.50. The first-order valence-electron chi connectivity index (χ1n) is 10.3. The standard InChI is InChI=1S/C23H22N4O5S2/c1-4-34(29,30)23-26-33-22-25-21(28)17(20(24)27(22)23)11-15-8-9-18(19(12-15)31-3)32-13-16-7-5-6-14(2)10-16/h5-12,24H,4,13H2,1-3H3/b17-11-,24-20?. The van der Waals surface area contributed by atoms with Gasteiger partial charge in [0.2, 0.25) is 20.2 Å². The van der Waals surface area contributed by atoms with Crippen molar-refractivity contribution >= 4 is 49.9 Å². The third-order valence-corrected chi connectivity index (χ3v) is 7.54. The number of amides is 1. The fraction of sp³-hybridized carbons (Fsp3) is 0.217. The summed E-state index contributed by atoms with van der Waals surface area (Å²) in [7, 11) is -2.20. The number of aryl methyl sites for hydroxylation is 1. The number of benzene rings is 2. The Morgan fingerprint density at radius 3 is 2.68 bits per heavy atom. The first-order valence-corrected chi connectivity index (χ1v) is 12.7. The van der Waals surface area contributed by atoms with E-state index in [0.717, 1.165) is 28.0 Å². The maximum absolute atomic E-state index is 12.6. The van der Waals surface area contributed by atoms with E-state index < -0.39 is 15.7 Å². The van der Waals surface area contributed by atoms with Crippen LogP contribution in [0.15, 0.2) is 57.4 Å². The van der Waals surface area contributed by atoms with Crippen LogP contribution in [-0.4, -0.2) is 48.3 Å². The Morgan fingerprint density at radius 1 is 1.18 bits per heavy atom. The van der Waals surface area contributed by atoms with Crippen molar-refractivity contribution in [1.82, 2.24) is 4.90 Å². The van der Waals surface area contributed by atoms with Crippen LogP contribution in [0.2, 0.25) is 0 Å². The molecule has 1 amide bonds.